The van der Waals surface area contributed by atoms with Gasteiger partial charge in [-0.1, -0.05) is 11.8 Å². The number of thioether (sulfide) groups is 1. The zero-order chi connectivity index (χ0) is 12.4. The molecule has 7 nitrogen and oxygen atoms in total. The molecule has 1 N–H and O–H groups in total. The monoisotopic (exact) mass is 253 g/mol. The van der Waals surface area contributed by atoms with Gasteiger partial charge < -0.3 is 5.11 Å². The quantitative estimate of drug-likeness (QED) is 0.793. The van der Waals surface area contributed by atoms with Crippen LogP contribution in [0.5, 0.6) is 0 Å². The smallest absolute Gasteiger partial charge is 0.313 e. The highest BCUT2D eigenvalue weighted by Gasteiger charge is 2.13. The second-order valence-electron chi connectivity index (χ2n) is 3.36. The van der Waals surface area contributed by atoms with E-state index in [9.17, 15) is 4.79 Å². The molecule has 17 heavy (non-hydrogen) atoms. The fraction of sp³-hybridized carbons (Fsp3) is 0.333. The van der Waals surface area contributed by atoms with Crippen LogP contribution in [0.15, 0.2) is 17.4 Å². The van der Waals surface area contributed by atoms with Crippen molar-refractivity contribution < 1.29 is 9.90 Å². The summed E-state index contributed by atoms with van der Waals surface area (Å²) < 4.78 is 3.23. The van der Waals surface area contributed by atoms with Gasteiger partial charge >= 0.3 is 5.97 Å². The Morgan fingerprint density at radius 1 is 1.47 bits per heavy atom. The Hall–Kier alpha value is -1.83. The third kappa shape index (κ3) is 2.47. The van der Waals surface area contributed by atoms with Crippen LogP contribution in [0, 0.1) is 0 Å². The Labute approximate surface area is 101 Å². The Kier molecular flexibility index (Phi) is 3.14. The molecule has 0 saturated carbocycles. The van der Waals surface area contributed by atoms with E-state index in [1.807, 2.05) is 0 Å². The van der Waals surface area contributed by atoms with E-state index in [4.69, 9.17) is 5.11 Å². The van der Waals surface area contributed by atoms with E-state index >= 15 is 0 Å². The van der Waals surface area contributed by atoms with E-state index in [2.05, 4.69) is 15.2 Å². The van der Waals surface area contributed by atoms with Crippen molar-refractivity contribution in [2.45, 2.75) is 5.16 Å². The fourth-order valence-corrected chi connectivity index (χ4v) is 1.96. The molecule has 2 aromatic heterocycles. The molecule has 0 aromatic carbocycles. The van der Waals surface area contributed by atoms with Gasteiger partial charge in [0.2, 0.25) is 0 Å². The van der Waals surface area contributed by atoms with Crippen molar-refractivity contribution in [1.29, 1.82) is 0 Å². The number of hydrogen-bond acceptors (Lipinski definition) is 5. The molecule has 0 unspecified atom stereocenters. The van der Waals surface area contributed by atoms with Crippen molar-refractivity contribution in [3.05, 3.63) is 12.3 Å². The summed E-state index contributed by atoms with van der Waals surface area (Å²) in [6, 6.07) is 1.81. The van der Waals surface area contributed by atoms with Crippen LogP contribution in [0.25, 0.3) is 11.5 Å². The SMILES string of the molecule is Cn1nccc1-c1nc(SCC(=O)O)n(C)n1. The fourth-order valence-electron chi connectivity index (χ4n) is 1.32. The van der Waals surface area contributed by atoms with Crippen LogP contribution in [0.4, 0.5) is 0 Å². The van der Waals surface area contributed by atoms with E-state index < -0.39 is 5.97 Å². The standard InChI is InChI=1S/C9H11N5O2S/c1-13-6(3-4-10-13)8-11-9(14(2)12-8)17-5-7(15)16/h3-4H,5H2,1-2H3,(H,15,16). The van der Waals surface area contributed by atoms with Gasteiger partial charge in [-0.15, -0.1) is 5.10 Å². The summed E-state index contributed by atoms with van der Waals surface area (Å²) in [5.74, 6) is -0.363. The van der Waals surface area contributed by atoms with E-state index in [1.54, 1.807) is 35.7 Å². The second-order valence-corrected chi connectivity index (χ2v) is 4.31. The van der Waals surface area contributed by atoms with Crippen LogP contribution in [0.3, 0.4) is 0 Å². The molecule has 0 aliphatic carbocycles. The molecule has 0 fully saturated rings. The summed E-state index contributed by atoms with van der Waals surface area (Å²) in [4.78, 5) is 14.8. The van der Waals surface area contributed by atoms with Crippen molar-refractivity contribution >= 4 is 17.7 Å². The largest absolute Gasteiger partial charge is 0.481 e. The van der Waals surface area contributed by atoms with Crippen molar-refractivity contribution in [3.8, 4) is 11.5 Å². The summed E-state index contributed by atoms with van der Waals surface area (Å²) in [5.41, 5.74) is 0.794. The number of nitrogens with zero attached hydrogens (tertiary/aromatic N) is 5. The maximum absolute atomic E-state index is 10.5. The first-order valence-corrected chi connectivity index (χ1v) is 5.80. The first kappa shape index (κ1) is 11.6. The number of carbonyl (C=O) groups is 1. The van der Waals surface area contributed by atoms with Crippen LogP contribution in [0.1, 0.15) is 0 Å². The molecule has 0 atom stereocenters. The first-order chi connectivity index (χ1) is 8.08. The Morgan fingerprint density at radius 3 is 2.82 bits per heavy atom. The summed E-state index contributed by atoms with van der Waals surface area (Å²) in [6.07, 6.45) is 1.66. The van der Waals surface area contributed by atoms with E-state index in [0.717, 1.165) is 17.5 Å². The highest BCUT2D eigenvalue weighted by molar-refractivity contribution is 7.99. The van der Waals surface area contributed by atoms with Crippen LogP contribution >= 0.6 is 11.8 Å². The number of rotatable bonds is 4. The van der Waals surface area contributed by atoms with Gasteiger partial charge in [0.1, 0.15) is 5.69 Å². The summed E-state index contributed by atoms with van der Waals surface area (Å²) in [5, 5.41) is 17.4. The van der Waals surface area contributed by atoms with Gasteiger partial charge in [-0.05, 0) is 6.07 Å². The average Bonchev–Trinajstić information content (AvgIpc) is 2.82. The first-order valence-electron chi connectivity index (χ1n) is 4.82. The third-order valence-corrected chi connectivity index (χ3v) is 3.10. The average molecular weight is 253 g/mol. The van der Waals surface area contributed by atoms with E-state index in [0.29, 0.717) is 11.0 Å². The normalized spacial score (nSPS) is 10.7. The molecule has 0 aliphatic rings. The lowest BCUT2D eigenvalue weighted by molar-refractivity contribution is -0.133. The van der Waals surface area contributed by atoms with Crippen LogP contribution in [0.2, 0.25) is 0 Å². The third-order valence-electron chi connectivity index (χ3n) is 2.10. The molecule has 0 radical (unpaired) electrons. The molecule has 0 saturated heterocycles. The summed E-state index contributed by atoms with van der Waals surface area (Å²) in [6.45, 7) is 0. The number of hydrogen-bond donors (Lipinski definition) is 1. The van der Waals surface area contributed by atoms with E-state index in [1.165, 1.54) is 0 Å². The minimum Gasteiger partial charge on any atom is -0.481 e. The lowest BCUT2D eigenvalue weighted by Gasteiger charge is -1.94. The zero-order valence-corrected chi connectivity index (χ0v) is 10.2. The maximum atomic E-state index is 10.5. The van der Waals surface area contributed by atoms with Crippen LogP contribution < -0.4 is 0 Å². The van der Waals surface area contributed by atoms with Gasteiger partial charge in [0, 0.05) is 20.3 Å². The van der Waals surface area contributed by atoms with Gasteiger partial charge in [-0.25, -0.2) is 4.68 Å². The molecule has 0 aliphatic heterocycles. The van der Waals surface area contributed by atoms with Crippen molar-refractivity contribution in [3.63, 3.8) is 0 Å². The van der Waals surface area contributed by atoms with Gasteiger partial charge in [0.25, 0.3) is 0 Å². The lowest BCUT2D eigenvalue weighted by Crippen LogP contribution is -2.00. The Bertz CT molecular complexity index is 547. The molecule has 0 spiro atoms. The minimum atomic E-state index is -0.875. The zero-order valence-electron chi connectivity index (χ0n) is 9.36. The predicted octanol–water partition coefficient (Wildman–Crippen LogP) is 0.392. The van der Waals surface area contributed by atoms with E-state index in [-0.39, 0.29) is 5.75 Å². The summed E-state index contributed by atoms with van der Waals surface area (Å²) >= 11 is 1.14. The molecule has 2 aromatic rings. The van der Waals surface area contributed by atoms with Gasteiger partial charge in [0.05, 0.1) is 5.75 Å². The van der Waals surface area contributed by atoms with Crippen LogP contribution in [-0.4, -0.2) is 41.4 Å². The molecular weight excluding hydrogens is 242 g/mol. The Balaban J connectivity index is 2.24. The molecule has 0 bridgehead atoms. The molecule has 2 heterocycles. The Morgan fingerprint density at radius 2 is 2.24 bits per heavy atom. The molecule has 90 valence electrons. The second kappa shape index (κ2) is 4.58. The molecule has 2 rings (SSSR count). The van der Waals surface area contributed by atoms with Crippen LogP contribution in [-0.2, 0) is 18.9 Å². The van der Waals surface area contributed by atoms with Crippen molar-refractivity contribution in [1.82, 2.24) is 24.5 Å². The number of aromatic nitrogens is 5. The highest BCUT2D eigenvalue weighted by Crippen LogP contribution is 2.19. The van der Waals surface area contributed by atoms with Crippen molar-refractivity contribution in [2.75, 3.05) is 5.75 Å². The molecule has 8 heteroatoms. The topological polar surface area (TPSA) is 85.8 Å². The highest BCUT2D eigenvalue weighted by atomic mass is 32.2. The molecular formula is C9H11N5O2S. The number of aryl methyl sites for hydroxylation is 2. The lowest BCUT2D eigenvalue weighted by atomic mass is 10.4. The van der Waals surface area contributed by atoms with Gasteiger partial charge in [0.15, 0.2) is 11.0 Å². The molecule has 0 amide bonds. The van der Waals surface area contributed by atoms with Crippen molar-refractivity contribution in [2.24, 2.45) is 14.1 Å². The number of carboxylic acids is 1. The summed E-state index contributed by atoms with van der Waals surface area (Å²) in [7, 11) is 3.53. The maximum Gasteiger partial charge on any atom is 0.313 e. The van der Waals surface area contributed by atoms with Gasteiger partial charge in [-0.2, -0.15) is 10.1 Å². The van der Waals surface area contributed by atoms with Gasteiger partial charge in [-0.3, -0.25) is 9.48 Å². The minimum absolute atomic E-state index is 0.0304. The number of carboxylic acid groups (broad SMARTS) is 1. The predicted molar refractivity (Wildman–Crippen MR) is 61.6 cm³/mol. The number of aliphatic carboxylic acids is 1.